The normalized spacial score (nSPS) is 31.5. The molecule has 2 aliphatic rings. The van der Waals surface area contributed by atoms with Gasteiger partial charge in [0.05, 0.1) is 12.1 Å². The minimum atomic E-state index is -0.187. The second-order valence-electron chi connectivity index (χ2n) is 6.48. The number of fused-ring (bicyclic) bond motifs is 1. The summed E-state index contributed by atoms with van der Waals surface area (Å²) in [5.41, 5.74) is 2.59. The number of nitrogens with one attached hydrogen (secondary N) is 2. The van der Waals surface area contributed by atoms with Gasteiger partial charge < -0.3 is 15.7 Å². The van der Waals surface area contributed by atoms with E-state index in [2.05, 4.69) is 35.8 Å². The lowest BCUT2D eigenvalue weighted by atomic mass is 9.93. The van der Waals surface area contributed by atoms with E-state index in [-0.39, 0.29) is 24.2 Å². The maximum absolute atomic E-state index is 12.2. The van der Waals surface area contributed by atoms with Gasteiger partial charge in [0.1, 0.15) is 0 Å². The fourth-order valence-electron chi connectivity index (χ4n) is 3.60. The van der Waals surface area contributed by atoms with Crippen LogP contribution in [-0.2, 0) is 6.42 Å². The van der Waals surface area contributed by atoms with Crippen molar-refractivity contribution >= 4 is 6.03 Å². The predicted molar refractivity (Wildman–Crippen MR) is 82.0 cm³/mol. The molecule has 4 nitrogen and oxygen atoms in total. The minimum Gasteiger partial charge on any atom is -0.393 e. The maximum Gasteiger partial charge on any atom is 0.315 e. The minimum absolute atomic E-state index is 0.0788. The molecule has 1 aromatic rings. The summed E-state index contributed by atoms with van der Waals surface area (Å²) in [5.74, 6) is 0.432. The van der Waals surface area contributed by atoms with Crippen molar-refractivity contribution in [2.75, 3.05) is 0 Å². The summed E-state index contributed by atoms with van der Waals surface area (Å²) in [6.07, 6.45) is 4.14. The Kier molecular flexibility index (Phi) is 4.15. The summed E-state index contributed by atoms with van der Waals surface area (Å²) >= 11 is 0. The van der Waals surface area contributed by atoms with Crippen LogP contribution in [0.3, 0.4) is 0 Å². The van der Waals surface area contributed by atoms with Gasteiger partial charge in [-0.05, 0) is 49.1 Å². The Labute approximate surface area is 125 Å². The highest BCUT2D eigenvalue weighted by Gasteiger charge is 2.30. The first-order chi connectivity index (χ1) is 10.1. The standard InChI is InChI=1S/C17H24N2O2/c1-11-10-12-4-2-3-5-15(12)16(11)19-17(21)18-13-6-8-14(20)9-7-13/h2-5,11,13-14,16,20H,6-10H2,1H3,(H2,18,19,21). The van der Waals surface area contributed by atoms with Gasteiger partial charge in [0.15, 0.2) is 0 Å². The number of hydrogen-bond donors (Lipinski definition) is 3. The molecule has 3 N–H and O–H groups in total. The Hall–Kier alpha value is -1.55. The van der Waals surface area contributed by atoms with E-state index in [9.17, 15) is 9.90 Å². The topological polar surface area (TPSA) is 61.4 Å². The van der Waals surface area contributed by atoms with Crippen LogP contribution in [0.25, 0.3) is 0 Å². The van der Waals surface area contributed by atoms with E-state index in [4.69, 9.17) is 0 Å². The van der Waals surface area contributed by atoms with Gasteiger partial charge in [-0.1, -0.05) is 31.2 Å². The highest BCUT2D eigenvalue weighted by molar-refractivity contribution is 5.75. The SMILES string of the molecule is CC1Cc2ccccc2C1NC(=O)NC1CCC(O)CC1. The summed E-state index contributed by atoms with van der Waals surface area (Å²) in [6, 6.07) is 8.57. The number of rotatable bonds is 2. The number of amides is 2. The largest absolute Gasteiger partial charge is 0.393 e. The summed E-state index contributed by atoms with van der Waals surface area (Å²) in [5, 5.41) is 15.7. The van der Waals surface area contributed by atoms with Crippen molar-refractivity contribution in [2.24, 2.45) is 5.92 Å². The first-order valence-electron chi connectivity index (χ1n) is 7.96. The predicted octanol–water partition coefficient (Wildman–Crippen LogP) is 2.52. The zero-order valence-electron chi connectivity index (χ0n) is 12.5. The zero-order valence-corrected chi connectivity index (χ0v) is 12.5. The van der Waals surface area contributed by atoms with E-state index in [0.717, 1.165) is 32.1 Å². The summed E-state index contributed by atoms with van der Waals surface area (Å²) < 4.78 is 0. The molecule has 1 saturated carbocycles. The fourth-order valence-corrected chi connectivity index (χ4v) is 3.60. The Morgan fingerprint density at radius 2 is 1.86 bits per heavy atom. The molecule has 4 heteroatoms. The lowest BCUT2D eigenvalue weighted by Crippen LogP contribution is -2.45. The third-order valence-corrected chi connectivity index (χ3v) is 4.82. The van der Waals surface area contributed by atoms with Gasteiger partial charge in [-0.25, -0.2) is 4.79 Å². The molecule has 0 aliphatic heterocycles. The summed E-state index contributed by atoms with van der Waals surface area (Å²) in [4.78, 5) is 12.2. The van der Waals surface area contributed by atoms with Gasteiger partial charge in [0.25, 0.3) is 0 Å². The molecule has 0 aromatic heterocycles. The molecular formula is C17H24N2O2. The molecule has 2 unspecified atom stereocenters. The van der Waals surface area contributed by atoms with Crippen LogP contribution in [0, 0.1) is 5.92 Å². The van der Waals surface area contributed by atoms with Crippen molar-refractivity contribution in [1.82, 2.24) is 10.6 Å². The van der Waals surface area contributed by atoms with E-state index in [1.807, 2.05) is 6.07 Å². The highest BCUT2D eigenvalue weighted by Crippen LogP contribution is 2.35. The number of hydrogen-bond acceptors (Lipinski definition) is 2. The quantitative estimate of drug-likeness (QED) is 0.783. The number of urea groups is 1. The molecule has 0 radical (unpaired) electrons. The average Bonchev–Trinajstić information content (AvgIpc) is 2.78. The molecule has 0 bridgehead atoms. The number of carbonyl (C=O) groups excluding carboxylic acids is 1. The van der Waals surface area contributed by atoms with Crippen molar-refractivity contribution in [2.45, 2.75) is 57.2 Å². The molecule has 1 aromatic carbocycles. The van der Waals surface area contributed by atoms with E-state index in [1.165, 1.54) is 11.1 Å². The molecule has 21 heavy (non-hydrogen) atoms. The monoisotopic (exact) mass is 288 g/mol. The number of aliphatic hydroxyl groups excluding tert-OH is 1. The number of carbonyl (C=O) groups is 1. The van der Waals surface area contributed by atoms with E-state index in [0.29, 0.717) is 5.92 Å². The van der Waals surface area contributed by atoms with Crippen LogP contribution < -0.4 is 10.6 Å². The van der Waals surface area contributed by atoms with E-state index < -0.39 is 0 Å². The van der Waals surface area contributed by atoms with Crippen LogP contribution in [0.5, 0.6) is 0 Å². The molecule has 1 fully saturated rings. The van der Waals surface area contributed by atoms with Gasteiger partial charge in [-0.15, -0.1) is 0 Å². The lowest BCUT2D eigenvalue weighted by Gasteiger charge is -2.27. The molecule has 2 amide bonds. The Balaban J connectivity index is 1.58. The molecule has 114 valence electrons. The first kappa shape index (κ1) is 14.4. The van der Waals surface area contributed by atoms with Crippen LogP contribution in [0.15, 0.2) is 24.3 Å². The third-order valence-electron chi connectivity index (χ3n) is 4.82. The van der Waals surface area contributed by atoms with E-state index in [1.54, 1.807) is 0 Å². The van der Waals surface area contributed by atoms with Gasteiger partial charge in [-0.3, -0.25) is 0 Å². The van der Waals surface area contributed by atoms with Crippen LogP contribution >= 0.6 is 0 Å². The molecule has 0 spiro atoms. The van der Waals surface area contributed by atoms with Gasteiger partial charge in [0.2, 0.25) is 0 Å². The molecular weight excluding hydrogens is 264 g/mol. The second-order valence-corrected chi connectivity index (χ2v) is 6.48. The van der Waals surface area contributed by atoms with Gasteiger partial charge in [-0.2, -0.15) is 0 Å². The molecule has 2 aliphatic carbocycles. The van der Waals surface area contributed by atoms with Gasteiger partial charge >= 0.3 is 6.03 Å². The first-order valence-corrected chi connectivity index (χ1v) is 7.96. The smallest absolute Gasteiger partial charge is 0.315 e. The Morgan fingerprint density at radius 1 is 1.14 bits per heavy atom. The second kappa shape index (κ2) is 6.06. The molecule has 3 rings (SSSR count). The van der Waals surface area contributed by atoms with Crippen LogP contribution in [0.2, 0.25) is 0 Å². The third kappa shape index (κ3) is 3.21. The van der Waals surface area contributed by atoms with E-state index >= 15 is 0 Å². The maximum atomic E-state index is 12.2. The lowest BCUT2D eigenvalue weighted by molar-refractivity contribution is 0.117. The fraction of sp³-hybridized carbons (Fsp3) is 0.588. The van der Waals surface area contributed by atoms with Crippen molar-refractivity contribution in [3.63, 3.8) is 0 Å². The molecule has 2 atom stereocenters. The summed E-state index contributed by atoms with van der Waals surface area (Å²) in [6.45, 7) is 2.18. The van der Waals surface area contributed by atoms with Gasteiger partial charge in [0, 0.05) is 6.04 Å². The van der Waals surface area contributed by atoms with Crippen molar-refractivity contribution in [3.8, 4) is 0 Å². The highest BCUT2D eigenvalue weighted by atomic mass is 16.3. The van der Waals surface area contributed by atoms with Crippen LogP contribution in [0.4, 0.5) is 4.79 Å². The van der Waals surface area contributed by atoms with Crippen molar-refractivity contribution in [3.05, 3.63) is 35.4 Å². The van der Waals surface area contributed by atoms with Crippen LogP contribution in [0.1, 0.15) is 49.8 Å². The summed E-state index contributed by atoms with van der Waals surface area (Å²) in [7, 11) is 0. The van der Waals surface area contributed by atoms with Crippen LogP contribution in [-0.4, -0.2) is 23.3 Å². The van der Waals surface area contributed by atoms with Crippen molar-refractivity contribution < 1.29 is 9.90 Å². The molecule has 0 saturated heterocycles. The molecule has 0 heterocycles. The zero-order chi connectivity index (χ0) is 14.8. The Morgan fingerprint density at radius 3 is 2.62 bits per heavy atom. The number of benzene rings is 1. The average molecular weight is 288 g/mol. The van der Waals surface area contributed by atoms with Crippen molar-refractivity contribution in [1.29, 1.82) is 0 Å². The Bertz CT molecular complexity index is 509. The number of aliphatic hydroxyl groups is 1.